The van der Waals surface area contributed by atoms with E-state index in [0.29, 0.717) is 5.56 Å². The maximum Gasteiger partial charge on any atom is 0.160 e. The third-order valence-electron chi connectivity index (χ3n) is 6.56. The fourth-order valence-electron chi connectivity index (χ4n) is 5.10. The summed E-state index contributed by atoms with van der Waals surface area (Å²) in [5.74, 6) is 0. The molecule has 3 aromatic heterocycles. The maximum atomic E-state index is 9.75. The number of aromatic nitrogens is 2. The largest absolute Gasteiger partial charge is 0.454 e. The first-order valence-corrected chi connectivity index (χ1v) is 11.1. The van der Waals surface area contributed by atoms with Crippen LogP contribution in [0.2, 0.25) is 0 Å². The lowest BCUT2D eigenvalue weighted by molar-refractivity contribution is 0.671. The molecule has 0 unspecified atom stereocenters. The summed E-state index contributed by atoms with van der Waals surface area (Å²) in [5.41, 5.74) is 7.21. The summed E-state index contributed by atoms with van der Waals surface area (Å²) in [7, 11) is 0. The molecule has 4 aromatic carbocycles. The first-order chi connectivity index (χ1) is 16.8. The van der Waals surface area contributed by atoms with Crippen LogP contribution in [-0.4, -0.2) is 9.55 Å². The Balaban J connectivity index is 1.69. The predicted molar refractivity (Wildman–Crippen MR) is 136 cm³/mol. The molecule has 34 heavy (non-hydrogen) atoms. The number of hydrogen-bond donors (Lipinski definition) is 0. The second-order valence-corrected chi connectivity index (χ2v) is 8.34. The van der Waals surface area contributed by atoms with Gasteiger partial charge in [-0.2, -0.15) is 5.26 Å². The Bertz CT molecular complexity index is 1930. The van der Waals surface area contributed by atoms with Gasteiger partial charge in [-0.25, -0.2) is 0 Å². The molecule has 0 aliphatic rings. The van der Waals surface area contributed by atoms with E-state index >= 15 is 0 Å². The molecule has 0 atom stereocenters. The molecular formula is C30H17N3O. The van der Waals surface area contributed by atoms with Gasteiger partial charge in [-0.3, -0.25) is 4.98 Å². The molecule has 0 bridgehead atoms. The molecule has 4 heteroatoms. The summed E-state index contributed by atoms with van der Waals surface area (Å²) < 4.78 is 8.73. The van der Waals surface area contributed by atoms with Crippen LogP contribution in [0.3, 0.4) is 0 Å². The van der Waals surface area contributed by atoms with E-state index in [1.165, 1.54) is 0 Å². The van der Waals surface area contributed by atoms with Crippen LogP contribution in [0.15, 0.2) is 108 Å². The van der Waals surface area contributed by atoms with Crippen LogP contribution < -0.4 is 0 Å². The molecule has 7 rings (SSSR count). The summed E-state index contributed by atoms with van der Waals surface area (Å²) in [6, 6.07) is 33.3. The Morgan fingerprint density at radius 1 is 0.706 bits per heavy atom. The highest BCUT2D eigenvalue weighted by atomic mass is 16.3. The molecule has 0 spiro atoms. The van der Waals surface area contributed by atoms with Crippen molar-refractivity contribution >= 4 is 43.7 Å². The van der Waals surface area contributed by atoms with Gasteiger partial charge in [0.1, 0.15) is 11.7 Å². The molecule has 0 radical (unpaired) electrons. The van der Waals surface area contributed by atoms with E-state index in [0.717, 1.165) is 60.6 Å². The number of benzene rings is 4. The van der Waals surface area contributed by atoms with Crippen molar-refractivity contribution in [2.24, 2.45) is 0 Å². The molecular weight excluding hydrogens is 418 g/mol. The van der Waals surface area contributed by atoms with Crippen molar-refractivity contribution in [3.63, 3.8) is 0 Å². The topological polar surface area (TPSA) is 54.8 Å². The lowest BCUT2D eigenvalue weighted by Crippen LogP contribution is -1.98. The van der Waals surface area contributed by atoms with Gasteiger partial charge < -0.3 is 8.98 Å². The van der Waals surface area contributed by atoms with Gasteiger partial charge in [-0.05, 0) is 30.3 Å². The average Bonchev–Trinajstić information content (AvgIpc) is 3.44. The zero-order chi connectivity index (χ0) is 22.6. The van der Waals surface area contributed by atoms with Gasteiger partial charge in [0.05, 0.1) is 22.3 Å². The van der Waals surface area contributed by atoms with Gasteiger partial charge >= 0.3 is 0 Å². The van der Waals surface area contributed by atoms with E-state index in [1.807, 2.05) is 36.4 Å². The van der Waals surface area contributed by atoms with Crippen LogP contribution >= 0.6 is 0 Å². The third kappa shape index (κ3) is 2.49. The fraction of sp³-hybridized carbons (Fsp3) is 0. The molecule has 0 amide bonds. The monoisotopic (exact) mass is 435 g/mol. The summed E-state index contributed by atoms with van der Waals surface area (Å²) in [4.78, 5) is 4.15. The SMILES string of the molecule is N#Cc1cnccc1-c1ccccc1-n1c2ccccc2c2ccc3c4ccccc4oc3c21. The van der Waals surface area contributed by atoms with Gasteiger partial charge in [-0.15, -0.1) is 0 Å². The highest BCUT2D eigenvalue weighted by Gasteiger charge is 2.21. The maximum absolute atomic E-state index is 9.75. The molecule has 3 heterocycles. The van der Waals surface area contributed by atoms with E-state index in [9.17, 15) is 5.26 Å². The lowest BCUT2D eigenvalue weighted by atomic mass is 10.0. The first kappa shape index (κ1) is 18.7. The van der Waals surface area contributed by atoms with Crippen LogP contribution in [0.25, 0.3) is 60.6 Å². The van der Waals surface area contributed by atoms with Crippen LogP contribution in [0.5, 0.6) is 0 Å². The molecule has 0 fully saturated rings. The molecule has 0 saturated heterocycles. The third-order valence-corrected chi connectivity index (χ3v) is 6.56. The molecule has 7 aromatic rings. The summed E-state index contributed by atoms with van der Waals surface area (Å²) >= 11 is 0. The number of hydrogen-bond acceptors (Lipinski definition) is 3. The molecule has 0 aliphatic carbocycles. The Kier molecular flexibility index (Phi) is 3.88. The van der Waals surface area contributed by atoms with Crippen LogP contribution in [-0.2, 0) is 0 Å². The van der Waals surface area contributed by atoms with Crippen LogP contribution in [0, 0.1) is 11.3 Å². The van der Waals surface area contributed by atoms with Crippen molar-refractivity contribution in [3.8, 4) is 22.9 Å². The average molecular weight is 435 g/mol. The van der Waals surface area contributed by atoms with E-state index in [4.69, 9.17) is 4.42 Å². The molecule has 0 N–H and O–H groups in total. The second kappa shape index (κ2) is 7.06. The predicted octanol–water partition coefficient (Wildman–Crippen LogP) is 7.62. The van der Waals surface area contributed by atoms with Crippen molar-refractivity contribution in [2.45, 2.75) is 0 Å². The minimum Gasteiger partial charge on any atom is -0.454 e. The minimum absolute atomic E-state index is 0.546. The number of para-hydroxylation sites is 3. The number of nitriles is 1. The first-order valence-electron chi connectivity index (χ1n) is 11.1. The number of nitrogens with zero attached hydrogens (tertiary/aromatic N) is 3. The Morgan fingerprint density at radius 2 is 1.47 bits per heavy atom. The number of pyridine rings is 1. The van der Waals surface area contributed by atoms with Gasteiger partial charge in [-0.1, -0.05) is 60.7 Å². The highest BCUT2D eigenvalue weighted by Crippen LogP contribution is 2.41. The van der Waals surface area contributed by atoms with Crippen LogP contribution in [0.4, 0.5) is 0 Å². The molecule has 158 valence electrons. The number of furan rings is 1. The van der Waals surface area contributed by atoms with Crippen molar-refractivity contribution in [1.82, 2.24) is 9.55 Å². The van der Waals surface area contributed by atoms with E-state index in [1.54, 1.807) is 12.4 Å². The molecule has 0 aliphatic heterocycles. The van der Waals surface area contributed by atoms with Crippen molar-refractivity contribution < 1.29 is 4.42 Å². The van der Waals surface area contributed by atoms with Crippen LogP contribution in [0.1, 0.15) is 5.56 Å². The Labute approximate surface area is 194 Å². The summed E-state index contributed by atoms with van der Waals surface area (Å²) in [6.45, 7) is 0. The Hall–Kier alpha value is -4.88. The normalized spacial score (nSPS) is 11.5. The standard InChI is InChI=1S/C30H17N3O/c31-17-19-18-32-16-15-20(19)21-7-1-4-10-26(21)33-27-11-5-2-8-22(27)24-13-14-25-23-9-3-6-12-28(23)34-30(25)29(24)33/h1-16,18H. The van der Waals surface area contributed by atoms with Gasteiger partial charge in [0.25, 0.3) is 0 Å². The van der Waals surface area contributed by atoms with Crippen molar-refractivity contribution in [1.29, 1.82) is 5.26 Å². The smallest absolute Gasteiger partial charge is 0.160 e. The second-order valence-electron chi connectivity index (χ2n) is 8.34. The number of fused-ring (bicyclic) bond motifs is 7. The Morgan fingerprint density at radius 3 is 2.38 bits per heavy atom. The van der Waals surface area contributed by atoms with Crippen molar-refractivity contribution in [2.75, 3.05) is 0 Å². The molecule has 4 nitrogen and oxygen atoms in total. The molecule has 0 saturated carbocycles. The summed E-state index contributed by atoms with van der Waals surface area (Å²) in [5, 5.41) is 14.2. The zero-order valence-electron chi connectivity index (χ0n) is 18.1. The minimum atomic E-state index is 0.546. The summed E-state index contributed by atoms with van der Waals surface area (Å²) in [6.07, 6.45) is 3.35. The fourth-order valence-corrected chi connectivity index (χ4v) is 5.10. The zero-order valence-corrected chi connectivity index (χ0v) is 18.1. The number of rotatable bonds is 2. The highest BCUT2D eigenvalue weighted by molar-refractivity contribution is 6.21. The van der Waals surface area contributed by atoms with E-state index in [-0.39, 0.29) is 0 Å². The van der Waals surface area contributed by atoms with Gasteiger partial charge in [0, 0.05) is 45.1 Å². The van der Waals surface area contributed by atoms with Crippen molar-refractivity contribution in [3.05, 3.63) is 109 Å². The van der Waals surface area contributed by atoms with Gasteiger partial charge in [0.2, 0.25) is 0 Å². The lowest BCUT2D eigenvalue weighted by Gasteiger charge is -2.14. The quantitative estimate of drug-likeness (QED) is 0.281. The van der Waals surface area contributed by atoms with E-state index < -0.39 is 0 Å². The van der Waals surface area contributed by atoms with E-state index in [2.05, 4.69) is 70.2 Å². The van der Waals surface area contributed by atoms with Gasteiger partial charge in [0.15, 0.2) is 5.58 Å².